The van der Waals surface area contributed by atoms with Crippen LogP contribution in [0.1, 0.15) is 74.1 Å². The topological polar surface area (TPSA) is 12.5 Å². The molecule has 1 fully saturated rings. The van der Waals surface area contributed by atoms with Gasteiger partial charge < -0.3 is 4.74 Å². The molecule has 0 amide bonds. The van der Waals surface area contributed by atoms with E-state index in [1.807, 2.05) is 0 Å². The van der Waals surface area contributed by atoms with E-state index in [9.17, 15) is 0 Å². The minimum Gasteiger partial charge on any atom is -0.379 e. The van der Waals surface area contributed by atoms with Crippen molar-refractivity contribution < 1.29 is 4.74 Å². The molecule has 1 aliphatic rings. The first kappa shape index (κ1) is 18.0. The number of hydrogen-bond donors (Lipinski definition) is 0. The van der Waals surface area contributed by atoms with E-state index in [-0.39, 0.29) is 0 Å². The summed E-state index contributed by atoms with van der Waals surface area (Å²) in [5.74, 6) is 0. The molecule has 0 aliphatic carbocycles. The summed E-state index contributed by atoms with van der Waals surface area (Å²) in [4.78, 5) is 2.68. The maximum absolute atomic E-state index is 5.54. The van der Waals surface area contributed by atoms with Gasteiger partial charge in [-0.15, -0.1) is 0 Å². The van der Waals surface area contributed by atoms with Crippen molar-refractivity contribution in [1.29, 1.82) is 0 Å². The van der Waals surface area contributed by atoms with Gasteiger partial charge in [-0.1, -0.05) is 54.4 Å². The van der Waals surface area contributed by atoms with Crippen LogP contribution >= 0.6 is 0 Å². The normalized spacial score (nSPS) is 24.1. The lowest BCUT2D eigenvalue weighted by atomic mass is 9.58. The number of morpholine rings is 1. The molecule has 0 spiro atoms. The molecule has 0 aromatic rings. The van der Waals surface area contributed by atoms with Gasteiger partial charge in [-0.3, -0.25) is 4.90 Å². The van der Waals surface area contributed by atoms with E-state index in [1.165, 1.54) is 25.7 Å². The van der Waals surface area contributed by atoms with Gasteiger partial charge in [0, 0.05) is 18.6 Å². The van der Waals surface area contributed by atoms with Gasteiger partial charge in [-0.25, -0.2) is 0 Å². The number of rotatable bonds is 7. The highest BCUT2D eigenvalue weighted by Crippen LogP contribution is 2.50. The zero-order chi connectivity index (χ0) is 15.4. The molecule has 1 heterocycles. The van der Waals surface area contributed by atoms with Crippen LogP contribution in [0, 0.1) is 10.8 Å². The third-order valence-electron chi connectivity index (χ3n) is 6.61. The Hall–Kier alpha value is -0.0800. The third-order valence-corrected chi connectivity index (χ3v) is 6.61. The van der Waals surface area contributed by atoms with Gasteiger partial charge in [0.15, 0.2) is 0 Å². The second-order valence-electron chi connectivity index (χ2n) is 7.78. The Bertz CT molecular complexity index is 296. The Kier molecular flexibility index (Phi) is 6.10. The van der Waals surface area contributed by atoms with Gasteiger partial charge in [0.25, 0.3) is 0 Å². The summed E-state index contributed by atoms with van der Waals surface area (Å²) in [6.45, 7) is 20.9. The monoisotopic (exact) mass is 283 g/mol. The third kappa shape index (κ3) is 3.57. The van der Waals surface area contributed by atoms with Crippen LogP contribution in [0.5, 0.6) is 0 Å². The van der Waals surface area contributed by atoms with E-state index in [0.717, 1.165) is 26.3 Å². The lowest BCUT2D eigenvalue weighted by Crippen LogP contribution is -2.55. The summed E-state index contributed by atoms with van der Waals surface area (Å²) in [6, 6.07) is 0. The first-order valence-electron chi connectivity index (χ1n) is 8.57. The Morgan fingerprint density at radius 1 is 0.850 bits per heavy atom. The fourth-order valence-electron chi connectivity index (χ4n) is 3.67. The Morgan fingerprint density at radius 3 is 1.80 bits per heavy atom. The standard InChI is InChI=1S/C18H37NO/c1-8-16(4,5)17(6,9-2)15-18(7,10-3)19-11-13-20-14-12-19/h8-15H2,1-7H3. The van der Waals surface area contributed by atoms with E-state index in [2.05, 4.69) is 53.4 Å². The molecular formula is C18H37NO. The number of nitrogens with zero attached hydrogens (tertiary/aromatic N) is 1. The van der Waals surface area contributed by atoms with Gasteiger partial charge in [-0.05, 0) is 30.6 Å². The Balaban J connectivity index is 2.93. The highest BCUT2D eigenvalue weighted by Gasteiger charge is 2.44. The van der Waals surface area contributed by atoms with E-state index >= 15 is 0 Å². The summed E-state index contributed by atoms with van der Waals surface area (Å²) in [7, 11) is 0. The second kappa shape index (κ2) is 6.79. The number of ether oxygens (including phenoxy) is 1. The first-order chi connectivity index (χ1) is 9.24. The van der Waals surface area contributed by atoms with Crippen LogP contribution in [-0.2, 0) is 4.74 Å². The molecule has 2 nitrogen and oxygen atoms in total. The molecule has 2 atom stereocenters. The highest BCUT2D eigenvalue weighted by molar-refractivity contribution is 4.97. The predicted molar refractivity (Wildman–Crippen MR) is 88.2 cm³/mol. The van der Waals surface area contributed by atoms with Crippen LogP contribution in [0.2, 0.25) is 0 Å². The van der Waals surface area contributed by atoms with Crippen LogP contribution in [0.15, 0.2) is 0 Å². The van der Waals surface area contributed by atoms with Gasteiger partial charge in [-0.2, -0.15) is 0 Å². The van der Waals surface area contributed by atoms with Gasteiger partial charge >= 0.3 is 0 Å². The lowest BCUT2D eigenvalue weighted by molar-refractivity contribution is -0.0569. The van der Waals surface area contributed by atoms with Crippen LogP contribution < -0.4 is 0 Å². The number of hydrogen-bond acceptors (Lipinski definition) is 2. The average Bonchev–Trinajstić information content (AvgIpc) is 2.47. The molecule has 0 bridgehead atoms. The minimum absolute atomic E-state index is 0.307. The van der Waals surface area contributed by atoms with E-state index < -0.39 is 0 Å². The lowest BCUT2D eigenvalue weighted by Gasteiger charge is -2.52. The summed E-state index contributed by atoms with van der Waals surface area (Å²) < 4.78 is 5.54. The summed E-state index contributed by atoms with van der Waals surface area (Å²) >= 11 is 0. The van der Waals surface area contributed by atoms with Crippen molar-refractivity contribution in [2.45, 2.75) is 79.7 Å². The summed E-state index contributed by atoms with van der Waals surface area (Å²) in [5.41, 5.74) is 1.09. The van der Waals surface area contributed by atoms with Crippen molar-refractivity contribution in [3.8, 4) is 0 Å². The van der Waals surface area contributed by atoms with Crippen LogP contribution in [0.4, 0.5) is 0 Å². The molecule has 0 aromatic carbocycles. The summed E-state index contributed by atoms with van der Waals surface area (Å²) in [6.07, 6.45) is 5.02. The first-order valence-corrected chi connectivity index (χ1v) is 8.57. The van der Waals surface area contributed by atoms with Crippen molar-refractivity contribution in [2.24, 2.45) is 10.8 Å². The van der Waals surface area contributed by atoms with Crippen LogP contribution in [-0.4, -0.2) is 36.7 Å². The molecule has 20 heavy (non-hydrogen) atoms. The molecule has 1 aliphatic heterocycles. The van der Waals surface area contributed by atoms with Crippen molar-refractivity contribution in [3.63, 3.8) is 0 Å². The van der Waals surface area contributed by atoms with Gasteiger partial charge in [0.1, 0.15) is 0 Å². The Morgan fingerprint density at radius 2 is 1.40 bits per heavy atom. The molecule has 0 saturated carbocycles. The fraction of sp³-hybridized carbons (Fsp3) is 1.00. The molecule has 0 N–H and O–H groups in total. The maximum Gasteiger partial charge on any atom is 0.0594 e. The molecule has 2 unspecified atom stereocenters. The van der Waals surface area contributed by atoms with Gasteiger partial charge in [0.05, 0.1) is 13.2 Å². The van der Waals surface area contributed by atoms with Gasteiger partial charge in [0.2, 0.25) is 0 Å². The SMILES string of the molecule is CCC(C)(CC(C)(CC)C(C)(C)CC)N1CCOCC1. The molecule has 2 heteroatoms. The second-order valence-corrected chi connectivity index (χ2v) is 7.78. The van der Waals surface area contributed by atoms with E-state index in [1.54, 1.807) is 0 Å². The zero-order valence-corrected chi connectivity index (χ0v) is 15.0. The quantitative estimate of drug-likeness (QED) is 0.669. The van der Waals surface area contributed by atoms with Crippen molar-refractivity contribution in [1.82, 2.24) is 4.90 Å². The molecule has 1 rings (SSSR count). The van der Waals surface area contributed by atoms with E-state index in [4.69, 9.17) is 4.74 Å². The minimum atomic E-state index is 0.307. The van der Waals surface area contributed by atoms with Crippen LogP contribution in [0.3, 0.4) is 0 Å². The highest BCUT2D eigenvalue weighted by atomic mass is 16.5. The smallest absolute Gasteiger partial charge is 0.0594 e. The molecule has 0 aromatic heterocycles. The fourth-order valence-corrected chi connectivity index (χ4v) is 3.67. The molecular weight excluding hydrogens is 246 g/mol. The molecule has 120 valence electrons. The Labute approximate surface area is 127 Å². The molecule has 1 saturated heterocycles. The predicted octanol–water partition coefficient (Wildman–Crippen LogP) is 4.73. The van der Waals surface area contributed by atoms with Crippen molar-refractivity contribution in [3.05, 3.63) is 0 Å². The van der Waals surface area contributed by atoms with Crippen molar-refractivity contribution in [2.75, 3.05) is 26.3 Å². The summed E-state index contributed by atoms with van der Waals surface area (Å²) in [5, 5.41) is 0. The zero-order valence-electron chi connectivity index (χ0n) is 15.0. The van der Waals surface area contributed by atoms with Crippen molar-refractivity contribution >= 4 is 0 Å². The maximum atomic E-state index is 5.54. The van der Waals surface area contributed by atoms with Crippen LogP contribution in [0.25, 0.3) is 0 Å². The average molecular weight is 284 g/mol. The molecule has 0 radical (unpaired) electrons. The van der Waals surface area contributed by atoms with E-state index in [0.29, 0.717) is 16.4 Å². The largest absolute Gasteiger partial charge is 0.379 e.